The van der Waals surface area contributed by atoms with E-state index in [9.17, 15) is 13.2 Å². The number of nitrogens with one attached hydrogen (secondary N) is 1. The summed E-state index contributed by atoms with van der Waals surface area (Å²) >= 11 is 0. The van der Waals surface area contributed by atoms with Gasteiger partial charge in [-0.2, -0.15) is 4.98 Å². The molecule has 1 aliphatic heterocycles. The number of carbonyl (C=O) groups is 1. The van der Waals surface area contributed by atoms with E-state index in [0.717, 1.165) is 5.56 Å². The first-order valence-electron chi connectivity index (χ1n) is 9.55. The second-order valence-electron chi connectivity index (χ2n) is 8.24. The minimum absolute atomic E-state index is 0.00133. The Bertz CT molecular complexity index is 1030. The van der Waals surface area contributed by atoms with Crippen LogP contribution in [-0.4, -0.2) is 59.3 Å². The van der Waals surface area contributed by atoms with Gasteiger partial charge >= 0.3 is 0 Å². The molecular weight excluding hydrogens is 398 g/mol. The van der Waals surface area contributed by atoms with E-state index in [0.29, 0.717) is 42.6 Å². The molecule has 1 unspecified atom stereocenters. The lowest BCUT2D eigenvalue weighted by Gasteiger charge is -2.24. The Morgan fingerprint density at radius 2 is 2.03 bits per heavy atom. The van der Waals surface area contributed by atoms with Crippen LogP contribution in [0.5, 0.6) is 0 Å². The van der Waals surface area contributed by atoms with E-state index in [1.807, 2.05) is 6.92 Å². The highest BCUT2D eigenvalue weighted by Crippen LogP contribution is 2.50. The molecule has 1 aliphatic carbocycles. The lowest BCUT2D eigenvalue weighted by molar-refractivity contribution is -0.121. The number of hydrogen-bond acceptors (Lipinski definition) is 8. The smallest absolute Gasteiger partial charge is 0.234 e. The maximum absolute atomic E-state index is 12.6. The van der Waals surface area contributed by atoms with Crippen molar-refractivity contribution in [2.75, 3.05) is 19.3 Å². The van der Waals surface area contributed by atoms with E-state index in [1.165, 1.54) is 10.6 Å². The summed E-state index contributed by atoms with van der Waals surface area (Å²) in [4.78, 5) is 17.0. The van der Waals surface area contributed by atoms with E-state index in [1.54, 1.807) is 13.8 Å². The number of fused-ring (bicyclic) bond motifs is 1. The molecule has 0 spiro atoms. The minimum Gasteiger partial charge on any atom is -0.361 e. The maximum Gasteiger partial charge on any atom is 0.234 e. The van der Waals surface area contributed by atoms with Crippen LogP contribution in [0.3, 0.4) is 0 Å². The van der Waals surface area contributed by atoms with Gasteiger partial charge in [-0.3, -0.25) is 4.79 Å². The van der Waals surface area contributed by atoms with Crippen molar-refractivity contribution in [1.29, 1.82) is 0 Å². The lowest BCUT2D eigenvalue weighted by Crippen LogP contribution is -2.39. The third kappa shape index (κ3) is 3.57. The van der Waals surface area contributed by atoms with E-state index < -0.39 is 15.4 Å². The third-order valence-corrected chi connectivity index (χ3v) is 7.37. The second kappa shape index (κ2) is 6.91. The molecule has 0 bridgehead atoms. The Morgan fingerprint density at radius 1 is 1.28 bits per heavy atom. The van der Waals surface area contributed by atoms with Gasteiger partial charge in [0, 0.05) is 24.7 Å². The fourth-order valence-corrected chi connectivity index (χ4v) is 5.63. The van der Waals surface area contributed by atoms with Crippen molar-refractivity contribution in [3.05, 3.63) is 28.7 Å². The Kier molecular flexibility index (Phi) is 4.77. The number of sulfonamides is 1. The van der Waals surface area contributed by atoms with Gasteiger partial charge < -0.3 is 14.4 Å². The van der Waals surface area contributed by atoms with Crippen LogP contribution in [0.15, 0.2) is 9.05 Å². The molecule has 0 radical (unpaired) electrons. The quantitative estimate of drug-likeness (QED) is 0.741. The largest absolute Gasteiger partial charge is 0.361 e. The van der Waals surface area contributed by atoms with Crippen molar-refractivity contribution in [2.45, 2.75) is 51.5 Å². The summed E-state index contributed by atoms with van der Waals surface area (Å²) in [5.74, 6) is 1.50. The summed E-state index contributed by atoms with van der Waals surface area (Å²) in [6.07, 6.45) is 2.62. The average Bonchev–Trinajstić information content (AvgIpc) is 3.34. The molecular formula is C18H25N5O5S. The van der Waals surface area contributed by atoms with Crippen LogP contribution in [0, 0.1) is 26.7 Å². The molecule has 1 N–H and O–H groups in total. The predicted molar refractivity (Wildman–Crippen MR) is 101 cm³/mol. The molecule has 1 saturated carbocycles. The van der Waals surface area contributed by atoms with Crippen molar-refractivity contribution in [3.63, 3.8) is 0 Å². The molecule has 4 rings (SSSR count). The lowest BCUT2D eigenvalue weighted by atomic mass is 9.80. The topological polar surface area (TPSA) is 131 Å². The van der Waals surface area contributed by atoms with Gasteiger partial charge in [-0.1, -0.05) is 10.3 Å². The standard InChI is InChI=1S/C18H25N5O5S/c1-10-15(11(2)27-21-10)6-16(24)20-14-5-13-8-23(29(4,25)26)9-18(13,7-14)17-19-12(3)22-28-17/h13-14H,5-9H2,1-4H3,(H,20,24)/t13?,14-,18+/m1/s1. The highest BCUT2D eigenvalue weighted by molar-refractivity contribution is 7.88. The van der Waals surface area contributed by atoms with E-state index >= 15 is 0 Å². The summed E-state index contributed by atoms with van der Waals surface area (Å²) in [7, 11) is -3.33. The number of aromatic nitrogens is 3. The van der Waals surface area contributed by atoms with Gasteiger partial charge in [-0.15, -0.1) is 0 Å². The number of amides is 1. The first kappa shape index (κ1) is 20.0. The van der Waals surface area contributed by atoms with Crippen LogP contribution in [-0.2, 0) is 26.7 Å². The van der Waals surface area contributed by atoms with Gasteiger partial charge in [-0.05, 0) is 39.5 Å². The molecule has 29 heavy (non-hydrogen) atoms. The van der Waals surface area contributed by atoms with E-state index in [-0.39, 0.29) is 30.8 Å². The van der Waals surface area contributed by atoms with Crippen molar-refractivity contribution in [1.82, 2.24) is 24.9 Å². The molecule has 2 aromatic rings. The van der Waals surface area contributed by atoms with Crippen molar-refractivity contribution >= 4 is 15.9 Å². The second-order valence-corrected chi connectivity index (χ2v) is 10.2. The Hall–Kier alpha value is -2.27. The van der Waals surface area contributed by atoms with Gasteiger partial charge in [0.1, 0.15) is 5.76 Å². The number of aryl methyl sites for hydroxylation is 3. The summed E-state index contributed by atoms with van der Waals surface area (Å²) in [6, 6.07) is -0.0955. The Labute approximate surface area is 169 Å². The number of hydrogen-bond donors (Lipinski definition) is 1. The summed E-state index contributed by atoms with van der Waals surface area (Å²) in [5.41, 5.74) is 0.930. The molecule has 10 nitrogen and oxygen atoms in total. The highest BCUT2D eigenvalue weighted by Gasteiger charge is 2.58. The van der Waals surface area contributed by atoms with Crippen LogP contribution in [0.2, 0.25) is 0 Å². The molecule has 1 saturated heterocycles. The molecule has 0 aromatic carbocycles. The van der Waals surface area contributed by atoms with Crippen LogP contribution >= 0.6 is 0 Å². The Morgan fingerprint density at radius 3 is 2.62 bits per heavy atom. The van der Waals surface area contributed by atoms with Gasteiger partial charge in [0.2, 0.25) is 21.8 Å². The molecule has 2 fully saturated rings. The minimum atomic E-state index is -3.33. The van der Waals surface area contributed by atoms with Gasteiger partial charge in [0.05, 0.1) is 23.8 Å². The van der Waals surface area contributed by atoms with Gasteiger partial charge in [-0.25, -0.2) is 12.7 Å². The normalized spacial score (nSPS) is 27.3. The summed E-state index contributed by atoms with van der Waals surface area (Å²) in [5, 5.41) is 10.9. The maximum atomic E-state index is 12.6. The van der Waals surface area contributed by atoms with Crippen molar-refractivity contribution in [3.8, 4) is 0 Å². The van der Waals surface area contributed by atoms with Crippen molar-refractivity contribution in [2.24, 2.45) is 5.92 Å². The van der Waals surface area contributed by atoms with Gasteiger partial charge in [0.15, 0.2) is 5.82 Å². The molecule has 2 aliphatic rings. The Balaban J connectivity index is 1.52. The van der Waals surface area contributed by atoms with Crippen molar-refractivity contribution < 1.29 is 22.3 Å². The zero-order chi connectivity index (χ0) is 21.0. The molecule has 1 amide bonds. The number of carbonyl (C=O) groups excluding carboxylic acids is 1. The van der Waals surface area contributed by atoms with E-state index in [2.05, 4.69) is 20.6 Å². The zero-order valence-electron chi connectivity index (χ0n) is 16.9. The third-order valence-electron chi connectivity index (χ3n) is 6.15. The van der Waals surface area contributed by atoms with Gasteiger partial charge in [0.25, 0.3) is 0 Å². The van der Waals surface area contributed by atoms with Crippen LogP contribution in [0.1, 0.15) is 41.6 Å². The summed E-state index contributed by atoms with van der Waals surface area (Å²) < 4.78 is 36.3. The molecule has 3 heterocycles. The van der Waals surface area contributed by atoms with Crippen LogP contribution < -0.4 is 5.32 Å². The first-order valence-corrected chi connectivity index (χ1v) is 11.4. The fourth-order valence-electron chi connectivity index (χ4n) is 4.71. The molecule has 158 valence electrons. The predicted octanol–water partition coefficient (Wildman–Crippen LogP) is 0.633. The molecule has 2 aromatic heterocycles. The van der Waals surface area contributed by atoms with Crippen LogP contribution in [0.4, 0.5) is 0 Å². The van der Waals surface area contributed by atoms with E-state index in [4.69, 9.17) is 9.05 Å². The number of nitrogens with zero attached hydrogens (tertiary/aromatic N) is 4. The average molecular weight is 423 g/mol. The molecule has 11 heteroatoms. The SMILES string of the molecule is Cc1noc([C@]23C[C@H](NC(=O)Cc4c(C)noc4C)CC2CN(S(C)(=O)=O)C3)n1. The highest BCUT2D eigenvalue weighted by atomic mass is 32.2. The fraction of sp³-hybridized carbons (Fsp3) is 0.667. The zero-order valence-corrected chi connectivity index (χ0v) is 17.7. The monoisotopic (exact) mass is 423 g/mol. The van der Waals surface area contributed by atoms with Crippen LogP contribution in [0.25, 0.3) is 0 Å². The number of rotatable bonds is 5. The summed E-state index contributed by atoms with van der Waals surface area (Å²) in [6.45, 7) is 6.01. The molecule has 3 atom stereocenters. The first-order chi connectivity index (χ1) is 13.6.